The average Bonchev–Trinajstić information content (AvgIpc) is 2.86. The fourth-order valence-electron chi connectivity index (χ4n) is 4.83. The zero-order valence-electron chi connectivity index (χ0n) is 19.7. The van der Waals surface area contributed by atoms with Gasteiger partial charge in [0, 0.05) is 54.2 Å². The lowest BCUT2D eigenvalue weighted by Crippen LogP contribution is -2.26. The number of anilines is 4. The lowest BCUT2D eigenvalue weighted by molar-refractivity contribution is 0.310. The van der Waals surface area contributed by atoms with Crippen LogP contribution in [0.15, 0.2) is 36.7 Å². The van der Waals surface area contributed by atoms with E-state index in [9.17, 15) is 0 Å². The van der Waals surface area contributed by atoms with Crippen LogP contribution in [0.1, 0.15) is 16.7 Å². The first-order valence-corrected chi connectivity index (χ1v) is 11.7. The van der Waals surface area contributed by atoms with Crippen LogP contribution in [0.4, 0.5) is 27.4 Å². The van der Waals surface area contributed by atoms with Crippen molar-refractivity contribution in [3.8, 4) is 17.0 Å². The van der Waals surface area contributed by atoms with E-state index < -0.39 is 5.82 Å². The van der Waals surface area contributed by atoms with Gasteiger partial charge in [0.25, 0.3) is 0 Å². The number of nitrogens with one attached hydrogen (secondary N) is 2. The van der Waals surface area contributed by atoms with Crippen molar-refractivity contribution < 1.29 is 9.13 Å². The molecule has 9 heteroatoms. The Balaban J connectivity index is 1.39. The van der Waals surface area contributed by atoms with Crippen LogP contribution in [0.2, 0.25) is 0 Å². The molecule has 6 rings (SSSR count). The Morgan fingerprint density at radius 2 is 2.03 bits per heavy atom. The monoisotopic (exact) mass is 471 g/mol. The second-order valence-electron chi connectivity index (χ2n) is 9.13. The molecule has 0 spiro atoms. The van der Waals surface area contributed by atoms with Gasteiger partial charge >= 0.3 is 0 Å². The molecule has 0 aliphatic carbocycles. The van der Waals surface area contributed by atoms with Gasteiger partial charge in [0.05, 0.1) is 11.2 Å². The van der Waals surface area contributed by atoms with E-state index in [-0.39, 0.29) is 5.69 Å². The first-order valence-electron chi connectivity index (χ1n) is 11.7. The molecule has 4 aromatic rings. The highest BCUT2D eigenvalue weighted by Crippen LogP contribution is 2.39. The third kappa shape index (κ3) is 3.77. The highest BCUT2D eigenvalue weighted by atomic mass is 19.1. The van der Waals surface area contributed by atoms with Gasteiger partial charge in [-0.05, 0) is 55.3 Å². The van der Waals surface area contributed by atoms with Crippen LogP contribution in [0, 0.1) is 12.7 Å². The number of aromatic nitrogens is 3. The van der Waals surface area contributed by atoms with E-state index in [0.29, 0.717) is 47.0 Å². The Bertz CT molecular complexity index is 1470. The van der Waals surface area contributed by atoms with Gasteiger partial charge in [-0.2, -0.15) is 0 Å². The first-order chi connectivity index (χ1) is 17.0. The quantitative estimate of drug-likeness (QED) is 0.381. The molecular weight excluding hydrogens is 445 g/mol. The molecule has 2 aromatic carbocycles. The number of benzene rings is 2. The molecule has 2 aliphatic heterocycles. The van der Waals surface area contributed by atoms with Crippen molar-refractivity contribution in [2.75, 3.05) is 43.1 Å². The van der Waals surface area contributed by atoms with E-state index in [1.54, 1.807) is 18.5 Å². The van der Waals surface area contributed by atoms with Crippen LogP contribution >= 0.6 is 0 Å². The van der Waals surface area contributed by atoms with Crippen LogP contribution in [-0.2, 0) is 13.0 Å². The highest BCUT2D eigenvalue weighted by molar-refractivity contribution is 5.96. The topological polar surface area (TPSA) is 101 Å². The van der Waals surface area contributed by atoms with Crippen LogP contribution in [-0.4, -0.2) is 46.6 Å². The Kier molecular flexibility index (Phi) is 5.14. The van der Waals surface area contributed by atoms with E-state index in [1.807, 2.05) is 13.0 Å². The maximum Gasteiger partial charge on any atom is 0.237 e. The zero-order chi connectivity index (χ0) is 24.1. The molecule has 2 aliphatic rings. The maximum atomic E-state index is 15.4. The molecule has 0 bridgehead atoms. The molecule has 0 saturated heterocycles. The fourth-order valence-corrected chi connectivity index (χ4v) is 4.83. The molecule has 4 N–H and O–H groups in total. The van der Waals surface area contributed by atoms with Crippen molar-refractivity contribution in [3.05, 3.63) is 59.2 Å². The Morgan fingerprint density at radius 3 is 2.91 bits per heavy atom. The van der Waals surface area contributed by atoms with Gasteiger partial charge in [-0.25, -0.2) is 19.3 Å². The van der Waals surface area contributed by atoms with Crippen molar-refractivity contribution in [3.63, 3.8) is 0 Å². The summed E-state index contributed by atoms with van der Waals surface area (Å²) in [5, 5.41) is 7.05. The van der Waals surface area contributed by atoms with Gasteiger partial charge in [-0.1, -0.05) is 6.07 Å². The first kappa shape index (κ1) is 21.5. The van der Waals surface area contributed by atoms with Crippen LogP contribution in [0.25, 0.3) is 22.0 Å². The van der Waals surface area contributed by atoms with Gasteiger partial charge in [0.15, 0.2) is 5.82 Å². The Hall–Kier alpha value is -3.98. The summed E-state index contributed by atoms with van der Waals surface area (Å²) in [5.41, 5.74) is 12.9. The zero-order valence-corrected chi connectivity index (χ0v) is 19.7. The molecule has 4 heterocycles. The minimum absolute atomic E-state index is 0.0159. The summed E-state index contributed by atoms with van der Waals surface area (Å²) in [7, 11) is 2.12. The fraction of sp³-hybridized carbons (Fsp3) is 0.269. The van der Waals surface area contributed by atoms with Crippen molar-refractivity contribution in [2.45, 2.75) is 19.9 Å². The highest BCUT2D eigenvalue weighted by Gasteiger charge is 2.21. The summed E-state index contributed by atoms with van der Waals surface area (Å²) in [6.45, 7) is 5.11. The third-order valence-corrected chi connectivity index (χ3v) is 6.76. The predicted octanol–water partition coefficient (Wildman–Crippen LogP) is 4.26. The number of hydrogen-bond donors (Lipinski definition) is 3. The van der Waals surface area contributed by atoms with Crippen LogP contribution < -0.4 is 21.1 Å². The Labute approximate surface area is 202 Å². The summed E-state index contributed by atoms with van der Waals surface area (Å²) >= 11 is 0. The lowest BCUT2D eigenvalue weighted by Gasteiger charge is -2.25. The lowest BCUT2D eigenvalue weighted by atomic mass is 9.98. The van der Waals surface area contributed by atoms with E-state index in [0.717, 1.165) is 36.4 Å². The number of rotatable bonds is 3. The second-order valence-corrected chi connectivity index (χ2v) is 9.13. The van der Waals surface area contributed by atoms with Crippen molar-refractivity contribution in [1.29, 1.82) is 0 Å². The number of fused-ring (bicyclic) bond motifs is 3. The molecule has 0 saturated carbocycles. The molecule has 8 nitrogen and oxygen atoms in total. The van der Waals surface area contributed by atoms with Crippen molar-refractivity contribution >= 4 is 33.9 Å². The summed E-state index contributed by atoms with van der Waals surface area (Å²) in [6, 6.07) is 8.04. The molecule has 0 radical (unpaired) electrons. The summed E-state index contributed by atoms with van der Waals surface area (Å²) in [4.78, 5) is 15.7. The molecule has 0 amide bonds. The largest absolute Gasteiger partial charge is 0.474 e. The van der Waals surface area contributed by atoms with Gasteiger partial charge in [0.2, 0.25) is 11.8 Å². The number of nitrogen functional groups attached to an aromatic ring is 1. The number of ether oxygens (including phenoxy) is 1. The van der Waals surface area contributed by atoms with Gasteiger partial charge in [0.1, 0.15) is 12.3 Å². The van der Waals surface area contributed by atoms with Gasteiger partial charge < -0.3 is 26.0 Å². The molecule has 35 heavy (non-hydrogen) atoms. The van der Waals surface area contributed by atoms with Gasteiger partial charge in [-0.15, -0.1) is 0 Å². The number of likely N-dealkylation sites (N-methyl/N-ethyl adjacent to an activating group) is 1. The standard InChI is InChI=1S/C26H26FN7O/c1-14-19(11-30-25-24(14)29-6-8-35-25)18-10-21-20(23(28)22(18)27)12-31-26(33-21)32-17-4-3-15-5-7-34(2)13-16(15)9-17/h3-4,9-12,29H,5-8,13,28H2,1-2H3,(H,31,32,33). The van der Waals surface area contributed by atoms with E-state index in [1.165, 1.54) is 11.1 Å². The minimum Gasteiger partial charge on any atom is -0.474 e. The third-order valence-electron chi connectivity index (χ3n) is 6.76. The molecule has 0 unspecified atom stereocenters. The number of halogens is 1. The van der Waals surface area contributed by atoms with Crippen LogP contribution in [0.5, 0.6) is 5.88 Å². The number of nitrogens with zero attached hydrogens (tertiary/aromatic N) is 4. The molecule has 2 aromatic heterocycles. The average molecular weight is 472 g/mol. The molecule has 0 fully saturated rings. The summed E-state index contributed by atoms with van der Waals surface area (Å²) in [5.74, 6) is 0.438. The normalized spacial score (nSPS) is 15.2. The minimum atomic E-state index is -0.512. The van der Waals surface area contributed by atoms with Crippen molar-refractivity contribution in [2.24, 2.45) is 0 Å². The van der Waals surface area contributed by atoms with Crippen molar-refractivity contribution in [1.82, 2.24) is 19.9 Å². The van der Waals surface area contributed by atoms with E-state index in [2.05, 4.69) is 49.7 Å². The molecular formula is C26H26FN7O. The van der Waals surface area contributed by atoms with E-state index >= 15 is 4.39 Å². The second kappa shape index (κ2) is 8.35. The summed E-state index contributed by atoms with van der Waals surface area (Å²) < 4.78 is 21.0. The molecule has 0 atom stereocenters. The SMILES string of the molecule is Cc1c(-c2cc3nc(Nc4ccc5c(c4)CN(C)CC5)ncc3c(N)c2F)cnc2c1NCCO2. The maximum absolute atomic E-state index is 15.4. The predicted molar refractivity (Wildman–Crippen MR) is 136 cm³/mol. The van der Waals surface area contributed by atoms with E-state index in [4.69, 9.17) is 10.5 Å². The number of nitrogens with two attached hydrogens (primary N) is 1. The van der Waals surface area contributed by atoms with Gasteiger partial charge in [-0.3, -0.25) is 0 Å². The number of hydrogen-bond acceptors (Lipinski definition) is 8. The molecule has 178 valence electrons. The van der Waals surface area contributed by atoms with Crippen LogP contribution in [0.3, 0.4) is 0 Å². The Morgan fingerprint density at radius 1 is 1.14 bits per heavy atom. The smallest absolute Gasteiger partial charge is 0.237 e. The summed E-state index contributed by atoms with van der Waals surface area (Å²) in [6.07, 6.45) is 4.23. The number of pyridine rings is 1.